The van der Waals surface area contributed by atoms with Crippen LogP contribution in [0.25, 0.3) is 0 Å². The Labute approximate surface area is 365 Å². The highest BCUT2D eigenvalue weighted by Gasteiger charge is 2.53. The SMILES string of the molecule is CCC1OC(=O)[C@H](C)C(O[C@H]2C[C@@](C)(OC)[C@@H](O)[C@H](C)O2)[C@H](C)[C@@H](O[C@@H]2O[C@H](C)C[C@H](N(C)C)[C@H]2O)[C@](C)(O)C[C@@H](C)/C(=N\OCOCCN(CC)CC)[C@H](C)[C@@H](O)[C@]1(C)O. The minimum atomic E-state index is -1.96. The second-order valence-electron chi connectivity index (χ2n) is 18.8. The van der Waals surface area contributed by atoms with Crippen molar-refractivity contribution in [2.24, 2.45) is 28.8 Å². The molecule has 0 aromatic rings. The standard InChI is InChI=1S/C44H83N3O14/c1-16-32-44(12,53)37(49)27(6)34(45-56-24-55-20-19-47(17-2)18-3)25(4)22-42(10,52)39(61-41-35(48)31(46(13)14)21-26(5)57-41)28(7)36(29(8)40(51)59-32)60-33-23-43(11,54-15)38(50)30(9)58-33/h25-33,35-39,41,48-50,52-53H,16-24H2,1-15H3/b45-34+/t25-,26-,27+,28+,29-,30+,31+,32?,33+,35-,36?,37-,38+,39-,41+,42-,43-,44-/m1/s1. The van der Waals surface area contributed by atoms with Gasteiger partial charge in [-0.05, 0) is 88.0 Å². The van der Waals surface area contributed by atoms with Crippen molar-refractivity contribution in [1.82, 2.24) is 9.80 Å². The van der Waals surface area contributed by atoms with Crippen molar-refractivity contribution in [1.29, 1.82) is 0 Å². The second-order valence-corrected chi connectivity index (χ2v) is 18.8. The number of methoxy groups -OCH3 is 1. The molecule has 0 radical (unpaired) electrons. The molecule has 3 rings (SSSR count). The van der Waals surface area contributed by atoms with Crippen molar-refractivity contribution < 1.29 is 68.3 Å². The van der Waals surface area contributed by atoms with Crippen LogP contribution in [0.2, 0.25) is 0 Å². The molecule has 0 bridgehead atoms. The molecule has 3 aliphatic heterocycles. The summed E-state index contributed by atoms with van der Waals surface area (Å²) in [7, 11) is 5.23. The summed E-state index contributed by atoms with van der Waals surface area (Å²) in [5.74, 6) is -4.10. The fourth-order valence-electron chi connectivity index (χ4n) is 9.52. The zero-order valence-corrected chi connectivity index (χ0v) is 39.8. The molecular weight excluding hydrogens is 794 g/mol. The first kappa shape index (κ1) is 53.8. The van der Waals surface area contributed by atoms with E-state index < -0.39 is 102 Å². The maximum absolute atomic E-state index is 14.4. The molecule has 0 aliphatic carbocycles. The molecule has 17 nitrogen and oxygen atoms in total. The smallest absolute Gasteiger partial charge is 0.311 e. The Morgan fingerprint density at radius 3 is 2.10 bits per heavy atom. The average molecular weight is 878 g/mol. The first-order valence-electron chi connectivity index (χ1n) is 22.4. The Morgan fingerprint density at radius 2 is 1.52 bits per heavy atom. The van der Waals surface area contributed by atoms with Crippen LogP contribution in [-0.4, -0.2) is 186 Å². The topological polar surface area (TPSA) is 211 Å². The summed E-state index contributed by atoms with van der Waals surface area (Å²) in [6.45, 7) is 23.9. The molecule has 0 saturated carbocycles. The molecule has 3 saturated heterocycles. The third kappa shape index (κ3) is 13.3. The van der Waals surface area contributed by atoms with E-state index in [1.165, 1.54) is 14.0 Å². The summed E-state index contributed by atoms with van der Waals surface area (Å²) in [6.07, 6.45) is -9.43. The maximum atomic E-state index is 14.4. The van der Waals surface area contributed by atoms with E-state index in [9.17, 15) is 30.3 Å². The van der Waals surface area contributed by atoms with Crippen molar-refractivity contribution in [3.05, 3.63) is 0 Å². The number of hydrogen-bond acceptors (Lipinski definition) is 17. The first-order chi connectivity index (χ1) is 28.4. The van der Waals surface area contributed by atoms with Gasteiger partial charge in [-0.15, -0.1) is 0 Å². The maximum Gasteiger partial charge on any atom is 0.311 e. The van der Waals surface area contributed by atoms with E-state index in [0.29, 0.717) is 25.3 Å². The number of nitrogens with zero attached hydrogens (tertiary/aromatic N) is 3. The number of rotatable bonds is 15. The third-order valence-corrected chi connectivity index (χ3v) is 13.6. The first-order valence-corrected chi connectivity index (χ1v) is 22.4. The molecule has 3 fully saturated rings. The van der Waals surface area contributed by atoms with Crippen LogP contribution in [0.15, 0.2) is 5.16 Å². The Kier molecular flexibility index (Phi) is 20.3. The van der Waals surface area contributed by atoms with Gasteiger partial charge in [-0.1, -0.05) is 46.7 Å². The van der Waals surface area contributed by atoms with Crippen molar-refractivity contribution in [2.45, 2.75) is 193 Å². The number of carbonyl (C=O) groups is 1. The van der Waals surface area contributed by atoms with Crippen molar-refractivity contribution in [2.75, 3.05) is 54.2 Å². The van der Waals surface area contributed by atoms with Gasteiger partial charge < -0.3 is 73.3 Å². The summed E-state index contributed by atoms with van der Waals surface area (Å²) in [5.41, 5.74) is -4.46. The number of aliphatic hydroxyl groups excluding tert-OH is 3. The highest BCUT2D eigenvalue weighted by molar-refractivity contribution is 5.88. The van der Waals surface area contributed by atoms with Gasteiger partial charge in [0.15, 0.2) is 12.6 Å². The molecule has 3 heterocycles. The lowest BCUT2D eigenvalue weighted by molar-refractivity contribution is -0.317. The fraction of sp³-hybridized carbons (Fsp3) is 0.955. The summed E-state index contributed by atoms with van der Waals surface area (Å²) in [4.78, 5) is 24.2. The van der Waals surface area contributed by atoms with Gasteiger partial charge in [0, 0.05) is 43.9 Å². The third-order valence-electron chi connectivity index (χ3n) is 13.6. The number of carbonyl (C=O) groups excluding carboxylic acids is 1. The zero-order chi connectivity index (χ0) is 46.2. The van der Waals surface area contributed by atoms with Gasteiger partial charge in [0.25, 0.3) is 0 Å². The van der Waals surface area contributed by atoms with Crippen LogP contribution in [0.3, 0.4) is 0 Å². The largest absolute Gasteiger partial charge is 0.459 e. The number of hydrogen-bond donors (Lipinski definition) is 5. The van der Waals surface area contributed by atoms with Gasteiger partial charge in [-0.2, -0.15) is 0 Å². The van der Waals surface area contributed by atoms with E-state index in [0.717, 1.165) is 13.1 Å². The van der Waals surface area contributed by atoms with Gasteiger partial charge in [0.05, 0.1) is 60.0 Å². The molecule has 0 spiro atoms. The van der Waals surface area contributed by atoms with Crippen LogP contribution in [0.5, 0.6) is 0 Å². The number of esters is 1. The molecule has 2 unspecified atom stereocenters. The number of ether oxygens (including phenoxy) is 7. The van der Waals surface area contributed by atoms with E-state index in [1.807, 2.05) is 32.8 Å². The van der Waals surface area contributed by atoms with Crippen LogP contribution < -0.4 is 0 Å². The summed E-state index contributed by atoms with van der Waals surface area (Å²) in [5, 5.41) is 64.0. The molecule has 0 amide bonds. The lowest BCUT2D eigenvalue weighted by atomic mass is 9.73. The van der Waals surface area contributed by atoms with Crippen molar-refractivity contribution in [3.8, 4) is 0 Å². The molecule has 0 aromatic carbocycles. The molecular formula is C44H83N3O14. The predicted molar refractivity (Wildman–Crippen MR) is 228 cm³/mol. The normalized spacial score (nSPS) is 44.3. The van der Waals surface area contributed by atoms with Crippen LogP contribution >= 0.6 is 0 Å². The van der Waals surface area contributed by atoms with Crippen LogP contribution in [0.1, 0.15) is 109 Å². The average Bonchev–Trinajstić information content (AvgIpc) is 3.20. The Morgan fingerprint density at radius 1 is 0.885 bits per heavy atom. The quantitative estimate of drug-likeness (QED) is 0.0693. The van der Waals surface area contributed by atoms with E-state index in [-0.39, 0.29) is 38.2 Å². The lowest BCUT2D eigenvalue weighted by Crippen LogP contribution is -2.61. The summed E-state index contributed by atoms with van der Waals surface area (Å²) < 4.78 is 43.5. The van der Waals surface area contributed by atoms with Crippen LogP contribution in [-0.2, 0) is 42.8 Å². The van der Waals surface area contributed by atoms with Crippen molar-refractivity contribution >= 4 is 11.7 Å². The number of likely N-dealkylation sites (N-methyl/N-ethyl adjacent to an activating group) is 2. The van der Waals surface area contributed by atoms with E-state index in [1.54, 1.807) is 48.5 Å². The molecule has 0 aromatic heterocycles. The Bertz CT molecular complexity index is 1370. The molecule has 61 heavy (non-hydrogen) atoms. The molecule has 5 N–H and O–H groups in total. The van der Waals surface area contributed by atoms with E-state index in [4.69, 9.17) is 38.0 Å². The van der Waals surface area contributed by atoms with Gasteiger partial charge >= 0.3 is 5.97 Å². The molecule has 17 heteroatoms. The van der Waals surface area contributed by atoms with Gasteiger partial charge in [0.1, 0.15) is 23.9 Å². The summed E-state index contributed by atoms with van der Waals surface area (Å²) >= 11 is 0. The number of oxime groups is 1. The van der Waals surface area contributed by atoms with Gasteiger partial charge in [-0.25, -0.2) is 0 Å². The van der Waals surface area contributed by atoms with Gasteiger partial charge in [0.2, 0.25) is 6.79 Å². The highest BCUT2D eigenvalue weighted by atomic mass is 16.7. The fourth-order valence-corrected chi connectivity index (χ4v) is 9.52. The Hall–Kier alpha value is -1.58. The molecule has 358 valence electrons. The Balaban J connectivity index is 2.19. The van der Waals surface area contributed by atoms with E-state index in [2.05, 4.69) is 23.9 Å². The van der Waals surface area contributed by atoms with Gasteiger partial charge in [-0.3, -0.25) is 4.79 Å². The van der Waals surface area contributed by atoms with Crippen LogP contribution in [0.4, 0.5) is 0 Å². The summed E-state index contributed by atoms with van der Waals surface area (Å²) in [6, 6.07) is -0.325. The number of aliphatic hydroxyl groups is 5. The highest BCUT2D eigenvalue weighted by Crippen LogP contribution is 2.41. The minimum Gasteiger partial charge on any atom is -0.459 e. The monoisotopic (exact) mass is 878 g/mol. The zero-order valence-electron chi connectivity index (χ0n) is 39.8. The minimum absolute atomic E-state index is 0.0185. The molecule has 18 atom stereocenters. The molecule has 3 aliphatic rings. The second kappa shape index (κ2) is 23.0. The van der Waals surface area contributed by atoms with Crippen LogP contribution in [0, 0.1) is 23.7 Å². The number of cyclic esters (lactones) is 1. The predicted octanol–water partition coefficient (Wildman–Crippen LogP) is 2.91. The van der Waals surface area contributed by atoms with E-state index >= 15 is 0 Å². The lowest BCUT2D eigenvalue weighted by Gasteiger charge is -2.49. The van der Waals surface area contributed by atoms with Crippen molar-refractivity contribution in [3.63, 3.8) is 0 Å².